The lowest BCUT2D eigenvalue weighted by molar-refractivity contribution is -0.149. The first-order valence-corrected chi connectivity index (χ1v) is 6.44. The Bertz CT molecular complexity index is 369. The summed E-state index contributed by atoms with van der Waals surface area (Å²) in [6.07, 6.45) is 1.50. The first-order chi connectivity index (χ1) is 9.33. The minimum absolute atomic E-state index is 0.162. The number of carbonyl (C=O) groups excluding carboxylic acids is 3. The molecule has 1 unspecified atom stereocenters. The molecule has 3 amide bonds. The molecule has 0 spiro atoms. The van der Waals surface area contributed by atoms with Crippen molar-refractivity contribution >= 4 is 17.9 Å². The summed E-state index contributed by atoms with van der Waals surface area (Å²) in [6.45, 7) is 9.00. The van der Waals surface area contributed by atoms with E-state index in [4.69, 9.17) is 10.5 Å². The Kier molecular flexibility index (Phi) is 8.03. The van der Waals surface area contributed by atoms with Gasteiger partial charge in [-0.05, 0) is 12.8 Å². The monoisotopic (exact) mass is 285 g/mol. The van der Waals surface area contributed by atoms with E-state index in [1.165, 1.54) is 11.0 Å². The normalized spacial score (nSPS) is 11.6. The fraction of sp³-hybridized carbons (Fsp3) is 0.615. The van der Waals surface area contributed by atoms with E-state index in [1.807, 2.05) is 0 Å². The maximum absolute atomic E-state index is 12.4. The van der Waals surface area contributed by atoms with Gasteiger partial charge in [0.2, 0.25) is 5.91 Å². The lowest BCUT2D eigenvalue weighted by Gasteiger charge is -2.27. The number of hydrogen-bond donors (Lipinski definition) is 2. The van der Waals surface area contributed by atoms with Gasteiger partial charge >= 0.3 is 12.0 Å². The van der Waals surface area contributed by atoms with Crippen LogP contribution in [0.3, 0.4) is 0 Å². The summed E-state index contributed by atoms with van der Waals surface area (Å²) in [5.41, 5.74) is 5.06. The molecule has 0 fully saturated rings. The zero-order valence-electron chi connectivity index (χ0n) is 12.2. The summed E-state index contributed by atoms with van der Waals surface area (Å²) in [5, 5.41) is 2.38. The predicted molar refractivity (Wildman–Crippen MR) is 74.8 cm³/mol. The zero-order chi connectivity index (χ0) is 15.7. The van der Waals surface area contributed by atoms with Crippen LogP contribution >= 0.6 is 0 Å². The van der Waals surface area contributed by atoms with E-state index in [0.29, 0.717) is 0 Å². The Labute approximate surface area is 119 Å². The molecule has 0 saturated carbocycles. The lowest BCUT2D eigenvalue weighted by atomic mass is 10.0. The molecule has 0 aromatic heterocycles. The van der Waals surface area contributed by atoms with E-state index >= 15 is 0 Å². The largest absolute Gasteiger partial charge is 0.465 e. The number of amides is 3. The number of nitrogens with zero attached hydrogens (tertiary/aromatic N) is 1. The third-order valence-electron chi connectivity index (χ3n) is 2.52. The molecule has 0 aromatic rings. The van der Waals surface area contributed by atoms with Crippen LogP contribution in [0.15, 0.2) is 12.7 Å². The Morgan fingerprint density at radius 1 is 1.40 bits per heavy atom. The number of primary amides is 1. The van der Waals surface area contributed by atoms with Crippen LogP contribution in [0.25, 0.3) is 0 Å². The molecule has 0 aliphatic heterocycles. The molecule has 0 radical (unpaired) electrons. The number of nitrogens with one attached hydrogen (secondary N) is 1. The minimum atomic E-state index is -0.790. The van der Waals surface area contributed by atoms with Crippen molar-refractivity contribution in [2.75, 3.05) is 19.7 Å². The van der Waals surface area contributed by atoms with E-state index in [2.05, 4.69) is 11.9 Å². The number of urea groups is 1. The molecule has 114 valence electrons. The molecule has 3 N–H and O–H groups in total. The van der Waals surface area contributed by atoms with Gasteiger partial charge < -0.3 is 20.7 Å². The summed E-state index contributed by atoms with van der Waals surface area (Å²) in [4.78, 5) is 36.1. The SMILES string of the molecule is C=CCN(CC(=O)OCC)C(=O)C(NC(N)=O)C(C)C. The van der Waals surface area contributed by atoms with Crippen molar-refractivity contribution in [3.05, 3.63) is 12.7 Å². The highest BCUT2D eigenvalue weighted by molar-refractivity contribution is 5.89. The van der Waals surface area contributed by atoms with Gasteiger partial charge in [0.15, 0.2) is 0 Å². The van der Waals surface area contributed by atoms with Crippen LogP contribution in [-0.2, 0) is 14.3 Å². The fourth-order valence-electron chi connectivity index (χ4n) is 1.61. The molecule has 0 bridgehead atoms. The zero-order valence-corrected chi connectivity index (χ0v) is 12.2. The highest BCUT2D eigenvalue weighted by atomic mass is 16.5. The molecule has 0 aliphatic rings. The number of hydrogen-bond acceptors (Lipinski definition) is 4. The molecule has 0 saturated heterocycles. The summed E-state index contributed by atoms with van der Waals surface area (Å²) in [7, 11) is 0. The van der Waals surface area contributed by atoms with Crippen LogP contribution in [0.5, 0.6) is 0 Å². The third-order valence-corrected chi connectivity index (χ3v) is 2.52. The van der Waals surface area contributed by atoms with Gasteiger partial charge in [-0.3, -0.25) is 9.59 Å². The van der Waals surface area contributed by atoms with Gasteiger partial charge in [-0.25, -0.2) is 4.79 Å². The quantitative estimate of drug-likeness (QED) is 0.493. The van der Waals surface area contributed by atoms with Crippen LogP contribution < -0.4 is 11.1 Å². The lowest BCUT2D eigenvalue weighted by Crippen LogP contribution is -2.53. The molecule has 0 rings (SSSR count). The van der Waals surface area contributed by atoms with Crippen molar-refractivity contribution in [2.24, 2.45) is 11.7 Å². The summed E-state index contributed by atoms with van der Waals surface area (Å²) >= 11 is 0. The second-order valence-corrected chi connectivity index (χ2v) is 4.54. The Morgan fingerprint density at radius 2 is 2.00 bits per heavy atom. The van der Waals surface area contributed by atoms with Gasteiger partial charge in [-0.2, -0.15) is 0 Å². The van der Waals surface area contributed by atoms with Gasteiger partial charge in [0.05, 0.1) is 6.61 Å². The van der Waals surface area contributed by atoms with Crippen molar-refractivity contribution in [3.8, 4) is 0 Å². The van der Waals surface area contributed by atoms with Crippen LogP contribution in [0.1, 0.15) is 20.8 Å². The van der Waals surface area contributed by atoms with E-state index in [-0.39, 0.29) is 25.6 Å². The summed E-state index contributed by atoms with van der Waals surface area (Å²) in [6, 6.07) is -1.58. The van der Waals surface area contributed by atoms with Crippen molar-refractivity contribution in [3.63, 3.8) is 0 Å². The van der Waals surface area contributed by atoms with Gasteiger partial charge in [-0.1, -0.05) is 19.9 Å². The maximum atomic E-state index is 12.4. The standard InChI is InChI=1S/C13H23N3O4/c1-5-7-16(8-10(17)20-6-2)12(18)11(9(3)4)15-13(14)19/h5,9,11H,1,6-8H2,2-4H3,(H3,14,15,19). The van der Waals surface area contributed by atoms with Gasteiger partial charge in [0.25, 0.3) is 0 Å². The molecule has 7 heteroatoms. The third kappa shape index (κ3) is 6.21. The minimum Gasteiger partial charge on any atom is -0.465 e. The number of esters is 1. The van der Waals surface area contributed by atoms with E-state index < -0.39 is 23.9 Å². The number of rotatable bonds is 8. The van der Waals surface area contributed by atoms with Gasteiger partial charge in [-0.15, -0.1) is 6.58 Å². The fourth-order valence-corrected chi connectivity index (χ4v) is 1.61. The topological polar surface area (TPSA) is 102 Å². The van der Waals surface area contributed by atoms with Crippen molar-refractivity contribution in [2.45, 2.75) is 26.8 Å². The van der Waals surface area contributed by atoms with Crippen molar-refractivity contribution < 1.29 is 19.1 Å². The first kappa shape index (κ1) is 17.9. The Hall–Kier alpha value is -2.05. The van der Waals surface area contributed by atoms with Gasteiger partial charge in [0, 0.05) is 6.54 Å². The van der Waals surface area contributed by atoms with Gasteiger partial charge in [0.1, 0.15) is 12.6 Å². The first-order valence-electron chi connectivity index (χ1n) is 6.44. The van der Waals surface area contributed by atoms with E-state index in [0.717, 1.165) is 0 Å². The molecule has 0 aliphatic carbocycles. The van der Waals surface area contributed by atoms with E-state index in [9.17, 15) is 14.4 Å². The van der Waals surface area contributed by atoms with Crippen LogP contribution in [0.2, 0.25) is 0 Å². The Morgan fingerprint density at radius 3 is 2.40 bits per heavy atom. The number of carbonyl (C=O) groups is 3. The molecule has 0 heterocycles. The summed E-state index contributed by atoms with van der Waals surface area (Å²) < 4.78 is 4.81. The van der Waals surface area contributed by atoms with Crippen molar-refractivity contribution in [1.29, 1.82) is 0 Å². The molecule has 7 nitrogen and oxygen atoms in total. The van der Waals surface area contributed by atoms with Crippen molar-refractivity contribution in [1.82, 2.24) is 10.2 Å². The van der Waals surface area contributed by atoms with Crippen LogP contribution in [-0.4, -0.2) is 48.5 Å². The van der Waals surface area contributed by atoms with Crippen LogP contribution in [0, 0.1) is 5.92 Å². The number of nitrogens with two attached hydrogens (primary N) is 1. The molecular formula is C13H23N3O4. The molecule has 0 aromatic carbocycles. The van der Waals surface area contributed by atoms with E-state index in [1.54, 1.807) is 20.8 Å². The average molecular weight is 285 g/mol. The highest BCUT2D eigenvalue weighted by Crippen LogP contribution is 2.07. The average Bonchev–Trinajstić information content (AvgIpc) is 2.34. The predicted octanol–water partition coefficient (Wildman–Crippen LogP) is 0.257. The maximum Gasteiger partial charge on any atom is 0.325 e. The molecule has 1 atom stereocenters. The van der Waals surface area contributed by atoms with Crippen LogP contribution in [0.4, 0.5) is 4.79 Å². The number of ether oxygens (including phenoxy) is 1. The highest BCUT2D eigenvalue weighted by Gasteiger charge is 2.28. The second kappa shape index (κ2) is 8.95. The second-order valence-electron chi connectivity index (χ2n) is 4.54. The molecule has 20 heavy (non-hydrogen) atoms. The Balaban J connectivity index is 4.94. The smallest absolute Gasteiger partial charge is 0.325 e. The summed E-state index contributed by atoms with van der Waals surface area (Å²) in [5.74, 6) is -1.07. The molecular weight excluding hydrogens is 262 g/mol.